The molecular formula is C15H16N2O3. The molecule has 0 amide bonds. The molecule has 0 fully saturated rings. The van der Waals surface area contributed by atoms with Gasteiger partial charge in [-0.25, -0.2) is 4.79 Å². The van der Waals surface area contributed by atoms with Gasteiger partial charge < -0.3 is 15.2 Å². The van der Waals surface area contributed by atoms with Gasteiger partial charge in [0.1, 0.15) is 17.9 Å². The van der Waals surface area contributed by atoms with Crippen molar-refractivity contribution in [3.8, 4) is 5.75 Å². The summed E-state index contributed by atoms with van der Waals surface area (Å²) in [4.78, 5) is 16.0. The van der Waals surface area contributed by atoms with Gasteiger partial charge in [-0.15, -0.1) is 0 Å². The van der Waals surface area contributed by atoms with E-state index in [2.05, 4.69) is 4.98 Å². The van der Waals surface area contributed by atoms with Crippen LogP contribution in [-0.4, -0.2) is 17.6 Å². The molecule has 5 nitrogen and oxygen atoms in total. The first-order valence-corrected chi connectivity index (χ1v) is 6.29. The third kappa shape index (κ3) is 3.26. The van der Waals surface area contributed by atoms with Gasteiger partial charge in [0.05, 0.1) is 6.61 Å². The zero-order valence-electron chi connectivity index (χ0n) is 11.2. The normalized spacial score (nSPS) is 10.1. The first kappa shape index (κ1) is 13.9. The number of esters is 1. The summed E-state index contributed by atoms with van der Waals surface area (Å²) in [5.74, 6) is -0.0596. The number of carbonyl (C=O) groups excluding carboxylic acids is 1. The van der Waals surface area contributed by atoms with Crippen LogP contribution in [0.25, 0.3) is 0 Å². The molecule has 0 spiro atoms. The van der Waals surface area contributed by atoms with Crippen molar-refractivity contribution < 1.29 is 14.3 Å². The summed E-state index contributed by atoms with van der Waals surface area (Å²) in [6, 6.07) is 8.64. The van der Waals surface area contributed by atoms with Crippen molar-refractivity contribution in [1.82, 2.24) is 4.98 Å². The number of nitrogen functional groups attached to an aromatic ring is 1. The quantitative estimate of drug-likeness (QED) is 0.668. The molecule has 5 heteroatoms. The molecule has 0 saturated carbocycles. The van der Waals surface area contributed by atoms with Crippen LogP contribution in [0.15, 0.2) is 42.7 Å². The second-order valence-corrected chi connectivity index (χ2v) is 4.08. The van der Waals surface area contributed by atoms with Gasteiger partial charge in [-0.3, -0.25) is 4.98 Å². The molecule has 0 radical (unpaired) electrons. The average molecular weight is 272 g/mol. The van der Waals surface area contributed by atoms with Crippen LogP contribution in [0.5, 0.6) is 5.75 Å². The zero-order valence-corrected chi connectivity index (χ0v) is 11.2. The van der Waals surface area contributed by atoms with E-state index in [9.17, 15) is 4.79 Å². The Hall–Kier alpha value is -2.56. The van der Waals surface area contributed by atoms with Crippen molar-refractivity contribution in [3.05, 3.63) is 53.9 Å². The summed E-state index contributed by atoms with van der Waals surface area (Å²) in [6.07, 6.45) is 3.29. The number of pyridine rings is 1. The Labute approximate surface area is 117 Å². The van der Waals surface area contributed by atoms with Crippen molar-refractivity contribution in [2.75, 3.05) is 12.3 Å². The zero-order chi connectivity index (χ0) is 14.4. The Bertz CT molecular complexity index is 585. The summed E-state index contributed by atoms with van der Waals surface area (Å²) in [7, 11) is 0. The minimum Gasteiger partial charge on any atom is -0.493 e. The van der Waals surface area contributed by atoms with E-state index in [1.54, 1.807) is 42.7 Å². The Balaban J connectivity index is 2.13. The van der Waals surface area contributed by atoms with E-state index in [0.29, 0.717) is 18.0 Å². The lowest BCUT2D eigenvalue weighted by Crippen LogP contribution is -2.11. The van der Waals surface area contributed by atoms with Crippen LogP contribution in [0.1, 0.15) is 22.8 Å². The number of hydrogen-bond acceptors (Lipinski definition) is 5. The van der Waals surface area contributed by atoms with Crippen molar-refractivity contribution in [1.29, 1.82) is 0 Å². The van der Waals surface area contributed by atoms with Crippen LogP contribution in [-0.2, 0) is 11.3 Å². The first-order chi connectivity index (χ1) is 9.72. The largest absolute Gasteiger partial charge is 0.493 e. The van der Waals surface area contributed by atoms with Crippen LogP contribution in [0, 0.1) is 0 Å². The van der Waals surface area contributed by atoms with E-state index in [-0.39, 0.29) is 12.2 Å². The molecule has 0 saturated heterocycles. The smallest absolute Gasteiger partial charge is 0.344 e. The molecule has 0 unspecified atom stereocenters. The van der Waals surface area contributed by atoms with Gasteiger partial charge >= 0.3 is 5.97 Å². The van der Waals surface area contributed by atoms with Gasteiger partial charge in [0.25, 0.3) is 0 Å². The van der Waals surface area contributed by atoms with Crippen LogP contribution in [0.4, 0.5) is 5.69 Å². The van der Waals surface area contributed by atoms with Crippen molar-refractivity contribution in [3.63, 3.8) is 0 Å². The summed E-state index contributed by atoms with van der Waals surface area (Å²) >= 11 is 0. The average Bonchev–Trinajstić information content (AvgIpc) is 2.46. The number of nitrogens with zero attached hydrogens (tertiary/aromatic N) is 1. The number of hydrogen-bond donors (Lipinski definition) is 1. The van der Waals surface area contributed by atoms with E-state index in [1.165, 1.54) is 0 Å². The highest BCUT2D eigenvalue weighted by Gasteiger charge is 2.17. The maximum absolute atomic E-state index is 12.1. The van der Waals surface area contributed by atoms with Crippen molar-refractivity contribution in [2.24, 2.45) is 0 Å². The maximum atomic E-state index is 12.1. The van der Waals surface area contributed by atoms with E-state index in [4.69, 9.17) is 15.2 Å². The number of aromatic nitrogens is 1. The fourth-order valence-electron chi connectivity index (χ4n) is 1.74. The lowest BCUT2D eigenvalue weighted by Gasteiger charge is -2.12. The second-order valence-electron chi connectivity index (χ2n) is 4.08. The topological polar surface area (TPSA) is 74.4 Å². The van der Waals surface area contributed by atoms with Gasteiger partial charge in [-0.05, 0) is 36.8 Å². The molecule has 20 heavy (non-hydrogen) atoms. The van der Waals surface area contributed by atoms with Crippen molar-refractivity contribution in [2.45, 2.75) is 13.5 Å². The molecule has 2 rings (SSSR count). The predicted molar refractivity (Wildman–Crippen MR) is 75.4 cm³/mol. The Morgan fingerprint density at radius 2 is 2.00 bits per heavy atom. The minimum absolute atomic E-state index is 0.168. The number of carbonyl (C=O) groups is 1. The SMILES string of the molecule is CCOc1cccc(N)c1C(=O)OCc1ccncc1. The summed E-state index contributed by atoms with van der Waals surface area (Å²) in [6.45, 7) is 2.46. The van der Waals surface area contributed by atoms with Gasteiger partial charge in [0.2, 0.25) is 0 Å². The van der Waals surface area contributed by atoms with E-state index >= 15 is 0 Å². The molecule has 0 aliphatic carbocycles. The third-order valence-electron chi connectivity index (χ3n) is 2.68. The summed E-state index contributed by atoms with van der Waals surface area (Å²) < 4.78 is 10.7. The number of rotatable bonds is 5. The maximum Gasteiger partial charge on any atom is 0.344 e. The fourth-order valence-corrected chi connectivity index (χ4v) is 1.74. The Morgan fingerprint density at radius 1 is 1.25 bits per heavy atom. The molecule has 104 valence electrons. The molecule has 0 bridgehead atoms. The third-order valence-corrected chi connectivity index (χ3v) is 2.68. The lowest BCUT2D eigenvalue weighted by atomic mass is 10.1. The van der Waals surface area contributed by atoms with E-state index < -0.39 is 5.97 Å². The first-order valence-electron chi connectivity index (χ1n) is 6.29. The van der Waals surface area contributed by atoms with Crippen LogP contribution in [0.2, 0.25) is 0 Å². The van der Waals surface area contributed by atoms with Crippen molar-refractivity contribution >= 4 is 11.7 Å². The van der Waals surface area contributed by atoms with Crippen LogP contribution < -0.4 is 10.5 Å². The van der Waals surface area contributed by atoms with Gasteiger partial charge in [-0.2, -0.15) is 0 Å². The molecule has 1 heterocycles. The number of nitrogens with two attached hydrogens (primary N) is 1. The predicted octanol–water partition coefficient (Wildman–Crippen LogP) is 2.42. The molecule has 2 N–H and O–H groups in total. The monoisotopic (exact) mass is 272 g/mol. The molecule has 2 aromatic rings. The van der Waals surface area contributed by atoms with Crippen LogP contribution >= 0.6 is 0 Å². The Kier molecular flexibility index (Phi) is 4.55. The lowest BCUT2D eigenvalue weighted by molar-refractivity contribution is 0.0469. The molecule has 0 aliphatic heterocycles. The number of ether oxygens (including phenoxy) is 2. The molecule has 1 aromatic carbocycles. The summed E-state index contributed by atoms with van der Waals surface area (Å²) in [5.41, 5.74) is 7.30. The molecule has 1 aromatic heterocycles. The molecule has 0 aliphatic rings. The Morgan fingerprint density at radius 3 is 2.70 bits per heavy atom. The van der Waals surface area contributed by atoms with Gasteiger partial charge in [-0.1, -0.05) is 6.07 Å². The van der Waals surface area contributed by atoms with E-state index in [0.717, 1.165) is 5.56 Å². The second kappa shape index (κ2) is 6.56. The molecule has 0 atom stereocenters. The number of anilines is 1. The highest BCUT2D eigenvalue weighted by atomic mass is 16.5. The standard InChI is InChI=1S/C15H16N2O3/c1-2-19-13-5-3-4-12(16)14(13)15(18)20-10-11-6-8-17-9-7-11/h3-9H,2,10,16H2,1H3. The van der Waals surface area contributed by atoms with E-state index in [1.807, 2.05) is 6.92 Å². The van der Waals surface area contributed by atoms with Crippen LogP contribution in [0.3, 0.4) is 0 Å². The molecular weight excluding hydrogens is 256 g/mol. The van der Waals surface area contributed by atoms with Gasteiger partial charge in [0.15, 0.2) is 0 Å². The summed E-state index contributed by atoms with van der Waals surface area (Å²) in [5, 5.41) is 0. The number of benzene rings is 1. The fraction of sp³-hybridized carbons (Fsp3) is 0.200. The minimum atomic E-state index is -0.497. The highest BCUT2D eigenvalue weighted by molar-refractivity contribution is 5.98. The van der Waals surface area contributed by atoms with Gasteiger partial charge in [0, 0.05) is 18.1 Å². The highest BCUT2D eigenvalue weighted by Crippen LogP contribution is 2.25.